The zero-order chi connectivity index (χ0) is 19.1. The molecule has 0 radical (unpaired) electrons. The average molecular weight is 455 g/mol. The molecule has 0 unspecified atom stereocenters. The van der Waals surface area contributed by atoms with Crippen LogP contribution in [-0.4, -0.2) is 11.3 Å². The summed E-state index contributed by atoms with van der Waals surface area (Å²) in [4.78, 5) is 10.4. The fourth-order valence-electron chi connectivity index (χ4n) is 1.91. The van der Waals surface area contributed by atoms with Crippen LogP contribution < -0.4 is 4.74 Å². The van der Waals surface area contributed by atoms with E-state index in [2.05, 4.69) is 4.74 Å². The van der Waals surface area contributed by atoms with Crippen molar-refractivity contribution in [1.29, 1.82) is 0 Å². The van der Waals surface area contributed by atoms with Crippen LogP contribution in [0.2, 0.25) is 25.1 Å². The molecule has 12 heteroatoms. The maximum atomic E-state index is 12.4. The number of alkyl halides is 3. The number of benzene rings is 2. The predicted octanol–water partition coefficient (Wildman–Crippen LogP) is 7.43. The molecule has 0 spiro atoms. The van der Waals surface area contributed by atoms with E-state index in [9.17, 15) is 23.3 Å². The van der Waals surface area contributed by atoms with Crippen molar-refractivity contribution in [2.24, 2.45) is 0 Å². The highest BCUT2D eigenvalue weighted by atomic mass is 35.5. The van der Waals surface area contributed by atoms with Crippen molar-refractivity contribution in [3.63, 3.8) is 0 Å². The first kappa shape index (κ1) is 20.2. The van der Waals surface area contributed by atoms with E-state index in [4.69, 9.17) is 58.0 Å². The van der Waals surface area contributed by atoms with E-state index in [1.807, 2.05) is 0 Å². The van der Waals surface area contributed by atoms with E-state index >= 15 is 0 Å². The van der Waals surface area contributed by atoms with Gasteiger partial charge in [0.1, 0.15) is 5.75 Å². The van der Waals surface area contributed by atoms with Gasteiger partial charge in [0.25, 0.3) is 5.69 Å². The minimum atomic E-state index is -5.00. The highest BCUT2D eigenvalue weighted by molar-refractivity contribution is 6.56. The summed E-state index contributed by atoms with van der Waals surface area (Å²) in [6, 6.07) is 2.33. The number of hydrogen-bond donors (Lipinski definition) is 0. The lowest BCUT2D eigenvalue weighted by molar-refractivity contribution is -0.384. The van der Waals surface area contributed by atoms with Crippen molar-refractivity contribution in [3.8, 4) is 16.9 Å². The molecule has 0 heterocycles. The van der Waals surface area contributed by atoms with Crippen LogP contribution in [0.1, 0.15) is 0 Å². The van der Waals surface area contributed by atoms with Crippen molar-refractivity contribution < 1.29 is 22.8 Å². The minimum absolute atomic E-state index is 0.201. The van der Waals surface area contributed by atoms with E-state index in [0.717, 1.165) is 18.2 Å². The summed E-state index contributed by atoms with van der Waals surface area (Å²) in [6.45, 7) is 0. The Hall–Kier alpha value is -1.12. The summed E-state index contributed by atoms with van der Waals surface area (Å²) >= 11 is 29.7. The molecule has 2 aromatic carbocycles. The largest absolute Gasteiger partial charge is 0.573 e. The Morgan fingerprint density at radius 1 is 0.920 bits per heavy atom. The minimum Gasteiger partial charge on any atom is -0.406 e. The zero-order valence-corrected chi connectivity index (χ0v) is 15.2. The Morgan fingerprint density at radius 2 is 1.40 bits per heavy atom. The summed E-state index contributed by atoms with van der Waals surface area (Å²) in [5.41, 5.74) is -1.21. The van der Waals surface area contributed by atoms with Crippen LogP contribution in [0.15, 0.2) is 18.2 Å². The predicted molar refractivity (Wildman–Crippen MR) is 90.3 cm³/mol. The Labute approximate surface area is 163 Å². The molecule has 25 heavy (non-hydrogen) atoms. The standard InChI is InChI=1S/C13H3Cl5F3NO3/c14-8-7(9(15)11(17)12(18)10(8)16)5-3-4(25-13(19,20)21)1-2-6(5)22(23)24/h1-3H. The topological polar surface area (TPSA) is 52.4 Å². The Morgan fingerprint density at radius 3 is 1.84 bits per heavy atom. The summed E-state index contributed by atoms with van der Waals surface area (Å²) in [5.74, 6) is -0.720. The van der Waals surface area contributed by atoms with Gasteiger partial charge in [-0.1, -0.05) is 58.0 Å². The molecular weight excluding hydrogens is 452 g/mol. The molecule has 0 aromatic heterocycles. The van der Waals surface area contributed by atoms with Crippen LogP contribution in [0.5, 0.6) is 5.75 Å². The smallest absolute Gasteiger partial charge is 0.406 e. The van der Waals surface area contributed by atoms with Crippen LogP contribution in [0, 0.1) is 10.1 Å². The number of halogens is 8. The molecule has 0 saturated heterocycles. The molecule has 0 amide bonds. The second-order valence-corrected chi connectivity index (χ2v) is 6.32. The molecule has 0 aliphatic carbocycles. The van der Waals surface area contributed by atoms with Gasteiger partial charge in [-0.3, -0.25) is 10.1 Å². The van der Waals surface area contributed by atoms with Crippen LogP contribution in [0.25, 0.3) is 11.1 Å². The van der Waals surface area contributed by atoms with E-state index in [1.54, 1.807) is 0 Å². The lowest BCUT2D eigenvalue weighted by Gasteiger charge is -2.14. The van der Waals surface area contributed by atoms with Crippen molar-refractivity contribution in [2.45, 2.75) is 6.36 Å². The van der Waals surface area contributed by atoms with Crippen molar-refractivity contribution in [3.05, 3.63) is 53.4 Å². The lowest BCUT2D eigenvalue weighted by Crippen LogP contribution is -2.17. The summed E-state index contributed by atoms with van der Waals surface area (Å²) in [7, 11) is 0. The first-order valence-corrected chi connectivity index (χ1v) is 7.89. The Bertz CT molecular complexity index is 844. The van der Waals surface area contributed by atoms with Gasteiger partial charge in [-0.2, -0.15) is 0 Å². The molecular formula is C13H3Cl5F3NO3. The molecule has 0 bridgehead atoms. The molecule has 2 rings (SSSR count). The number of hydrogen-bond acceptors (Lipinski definition) is 3. The fourth-order valence-corrected chi connectivity index (χ4v) is 3.26. The highest BCUT2D eigenvalue weighted by Gasteiger charge is 2.33. The van der Waals surface area contributed by atoms with Crippen molar-refractivity contribution in [1.82, 2.24) is 0 Å². The maximum absolute atomic E-state index is 12.4. The Kier molecular flexibility index (Phi) is 5.85. The van der Waals surface area contributed by atoms with Crippen molar-refractivity contribution >= 4 is 63.7 Å². The summed E-state index contributed by atoms with van der Waals surface area (Å²) < 4.78 is 41.0. The SMILES string of the molecule is O=[N+]([O-])c1ccc(OC(F)(F)F)cc1-c1c(Cl)c(Cl)c(Cl)c(Cl)c1Cl. The highest BCUT2D eigenvalue weighted by Crippen LogP contribution is 2.50. The van der Waals surface area contributed by atoms with E-state index in [0.29, 0.717) is 0 Å². The monoisotopic (exact) mass is 453 g/mol. The molecule has 134 valence electrons. The zero-order valence-electron chi connectivity index (χ0n) is 11.4. The number of nitro benzene ring substituents is 1. The fraction of sp³-hybridized carbons (Fsp3) is 0.0769. The van der Waals surface area contributed by atoms with Gasteiger partial charge in [0, 0.05) is 11.6 Å². The van der Waals surface area contributed by atoms with E-state index in [1.165, 1.54) is 0 Å². The molecule has 2 aromatic rings. The van der Waals surface area contributed by atoms with Gasteiger partial charge in [-0.25, -0.2) is 0 Å². The van der Waals surface area contributed by atoms with E-state index < -0.39 is 22.7 Å². The van der Waals surface area contributed by atoms with Crippen LogP contribution in [-0.2, 0) is 0 Å². The summed E-state index contributed by atoms with van der Waals surface area (Å²) in [5, 5.41) is 9.87. The van der Waals surface area contributed by atoms with Gasteiger partial charge in [0.2, 0.25) is 0 Å². The number of nitro groups is 1. The number of rotatable bonds is 3. The molecule has 0 N–H and O–H groups in total. The van der Waals surface area contributed by atoms with Gasteiger partial charge in [-0.05, 0) is 12.1 Å². The molecule has 0 aliphatic heterocycles. The van der Waals surface area contributed by atoms with E-state index in [-0.39, 0.29) is 36.2 Å². The van der Waals surface area contributed by atoms with Crippen LogP contribution in [0.4, 0.5) is 18.9 Å². The van der Waals surface area contributed by atoms with Crippen LogP contribution >= 0.6 is 58.0 Å². The van der Waals surface area contributed by atoms with Gasteiger partial charge in [0.05, 0.1) is 35.6 Å². The molecule has 4 nitrogen and oxygen atoms in total. The molecule has 0 atom stereocenters. The quantitative estimate of drug-likeness (QED) is 0.209. The third-order valence-electron chi connectivity index (χ3n) is 2.88. The Balaban J connectivity index is 2.81. The molecule has 0 fully saturated rings. The number of nitrogens with zero attached hydrogens (tertiary/aromatic N) is 1. The van der Waals surface area contributed by atoms with Gasteiger partial charge >= 0.3 is 6.36 Å². The molecule has 0 saturated carbocycles. The van der Waals surface area contributed by atoms with Crippen molar-refractivity contribution in [2.75, 3.05) is 0 Å². The average Bonchev–Trinajstić information content (AvgIpc) is 2.49. The van der Waals surface area contributed by atoms with Gasteiger partial charge in [-0.15, -0.1) is 13.2 Å². The normalized spacial score (nSPS) is 11.5. The second-order valence-electron chi connectivity index (χ2n) is 4.43. The second kappa shape index (κ2) is 7.25. The lowest BCUT2D eigenvalue weighted by atomic mass is 10.0. The third-order valence-corrected chi connectivity index (χ3v) is 5.15. The van der Waals surface area contributed by atoms with Crippen LogP contribution in [0.3, 0.4) is 0 Å². The third kappa shape index (κ3) is 4.17. The number of ether oxygens (including phenoxy) is 1. The molecule has 0 aliphatic rings. The first-order valence-electron chi connectivity index (χ1n) is 6.00. The summed E-state index contributed by atoms with van der Waals surface area (Å²) in [6.07, 6.45) is -5.00. The van der Waals surface area contributed by atoms with Gasteiger partial charge < -0.3 is 4.74 Å². The first-order chi connectivity index (χ1) is 11.4. The van der Waals surface area contributed by atoms with Gasteiger partial charge in [0.15, 0.2) is 0 Å². The maximum Gasteiger partial charge on any atom is 0.573 e.